The molecule has 0 aliphatic heterocycles. The van der Waals surface area contributed by atoms with Crippen molar-refractivity contribution in [1.29, 1.82) is 0 Å². The zero-order valence-corrected chi connectivity index (χ0v) is 15.8. The Labute approximate surface area is 154 Å². The SMILES string of the molecule is CCC(NC(=O)Cn1c(=O)n(C)c2ccccc21)c1ccc(Br)cc1. The lowest BCUT2D eigenvalue weighted by Gasteiger charge is -2.18. The molecule has 1 N–H and O–H groups in total. The van der Waals surface area contributed by atoms with Crippen LogP contribution in [0.1, 0.15) is 24.9 Å². The van der Waals surface area contributed by atoms with Gasteiger partial charge in [0.15, 0.2) is 0 Å². The third-order valence-electron chi connectivity index (χ3n) is 4.37. The van der Waals surface area contributed by atoms with Gasteiger partial charge in [-0.05, 0) is 36.2 Å². The molecule has 0 aliphatic rings. The lowest BCUT2D eigenvalue weighted by atomic mass is 10.0. The number of hydrogen-bond acceptors (Lipinski definition) is 2. The number of amides is 1. The van der Waals surface area contributed by atoms with E-state index in [0.29, 0.717) is 0 Å². The highest BCUT2D eigenvalue weighted by Crippen LogP contribution is 2.19. The van der Waals surface area contributed by atoms with Gasteiger partial charge in [0.25, 0.3) is 0 Å². The first-order valence-corrected chi connectivity index (χ1v) is 8.99. The number of para-hydroxylation sites is 2. The van der Waals surface area contributed by atoms with E-state index < -0.39 is 0 Å². The van der Waals surface area contributed by atoms with Gasteiger partial charge in [0.05, 0.1) is 17.1 Å². The smallest absolute Gasteiger partial charge is 0.329 e. The average molecular weight is 402 g/mol. The molecule has 2 aromatic carbocycles. The Morgan fingerprint density at radius 1 is 1.12 bits per heavy atom. The van der Waals surface area contributed by atoms with Crippen molar-refractivity contribution in [2.75, 3.05) is 0 Å². The van der Waals surface area contributed by atoms with Crippen LogP contribution in [0.2, 0.25) is 0 Å². The van der Waals surface area contributed by atoms with Gasteiger partial charge in [-0.3, -0.25) is 13.9 Å². The molecule has 25 heavy (non-hydrogen) atoms. The van der Waals surface area contributed by atoms with Crippen LogP contribution in [-0.2, 0) is 18.4 Å². The molecule has 1 heterocycles. The fraction of sp³-hybridized carbons (Fsp3) is 0.263. The first-order chi connectivity index (χ1) is 12.0. The second kappa shape index (κ2) is 7.27. The van der Waals surface area contributed by atoms with Crippen molar-refractivity contribution in [1.82, 2.24) is 14.5 Å². The van der Waals surface area contributed by atoms with E-state index in [1.165, 1.54) is 4.57 Å². The Morgan fingerprint density at radius 3 is 2.40 bits per heavy atom. The third-order valence-corrected chi connectivity index (χ3v) is 4.90. The van der Waals surface area contributed by atoms with Crippen LogP contribution in [0.5, 0.6) is 0 Å². The predicted molar refractivity (Wildman–Crippen MR) is 102 cm³/mol. The van der Waals surface area contributed by atoms with Gasteiger partial charge in [-0.1, -0.05) is 47.1 Å². The molecule has 0 saturated carbocycles. The van der Waals surface area contributed by atoms with E-state index in [0.717, 1.165) is 27.5 Å². The molecule has 5 nitrogen and oxygen atoms in total. The van der Waals surface area contributed by atoms with Crippen molar-refractivity contribution < 1.29 is 4.79 Å². The summed E-state index contributed by atoms with van der Waals surface area (Å²) in [5.74, 6) is -0.173. The fourth-order valence-electron chi connectivity index (χ4n) is 3.02. The quantitative estimate of drug-likeness (QED) is 0.712. The summed E-state index contributed by atoms with van der Waals surface area (Å²) >= 11 is 3.42. The Balaban J connectivity index is 1.82. The molecule has 0 spiro atoms. The molecular weight excluding hydrogens is 382 g/mol. The van der Waals surface area contributed by atoms with Crippen LogP contribution >= 0.6 is 15.9 Å². The topological polar surface area (TPSA) is 56.0 Å². The van der Waals surface area contributed by atoms with Crippen LogP contribution in [0.15, 0.2) is 57.8 Å². The van der Waals surface area contributed by atoms with Crippen LogP contribution in [0.25, 0.3) is 11.0 Å². The first kappa shape index (κ1) is 17.5. The monoisotopic (exact) mass is 401 g/mol. The lowest BCUT2D eigenvalue weighted by molar-refractivity contribution is -0.122. The van der Waals surface area contributed by atoms with Gasteiger partial charge in [-0.25, -0.2) is 4.79 Å². The molecule has 0 saturated heterocycles. The average Bonchev–Trinajstić information content (AvgIpc) is 2.86. The van der Waals surface area contributed by atoms with Crippen molar-refractivity contribution >= 4 is 32.9 Å². The summed E-state index contributed by atoms with van der Waals surface area (Å²) in [4.78, 5) is 25.0. The third kappa shape index (κ3) is 3.54. The molecule has 1 amide bonds. The van der Waals surface area contributed by atoms with Gasteiger partial charge >= 0.3 is 5.69 Å². The van der Waals surface area contributed by atoms with Crippen LogP contribution in [0, 0.1) is 0 Å². The summed E-state index contributed by atoms with van der Waals surface area (Å²) in [7, 11) is 1.72. The fourth-order valence-corrected chi connectivity index (χ4v) is 3.28. The summed E-state index contributed by atoms with van der Waals surface area (Å²) < 4.78 is 4.08. The number of fused-ring (bicyclic) bond motifs is 1. The van der Waals surface area contributed by atoms with E-state index in [9.17, 15) is 9.59 Å². The molecule has 0 fully saturated rings. The summed E-state index contributed by atoms with van der Waals surface area (Å²) in [5, 5.41) is 3.03. The van der Waals surface area contributed by atoms with Gasteiger partial charge in [0, 0.05) is 11.5 Å². The van der Waals surface area contributed by atoms with Crippen LogP contribution in [-0.4, -0.2) is 15.0 Å². The number of nitrogens with one attached hydrogen (secondary N) is 1. The zero-order chi connectivity index (χ0) is 18.0. The molecule has 0 bridgehead atoms. The molecule has 1 atom stereocenters. The maximum Gasteiger partial charge on any atom is 0.329 e. The number of nitrogens with zero attached hydrogens (tertiary/aromatic N) is 2. The number of benzene rings is 2. The number of carbonyl (C=O) groups is 1. The number of aromatic nitrogens is 2. The van der Waals surface area contributed by atoms with E-state index in [2.05, 4.69) is 21.2 Å². The highest BCUT2D eigenvalue weighted by molar-refractivity contribution is 9.10. The van der Waals surface area contributed by atoms with E-state index in [4.69, 9.17) is 0 Å². The van der Waals surface area contributed by atoms with Gasteiger partial charge in [0.2, 0.25) is 5.91 Å². The summed E-state index contributed by atoms with van der Waals surface area (Å²) in [6.45, 7) is 2.03. The van der Waals surface area contributed by atoms with E-state index in [-0.39, 0.29) is 24.2 Å². The van der Waals surface area contributed by atoms with Crippen molar-refractivity contribution in [3.05, 3.63) is 69.1 Å². The number of hydrogen-bond donors (Lipinski definition) is 1. The number of aryl methyl sites for hydroxylation is 1. The van der Waals surface area contributed by atoms with Crippen LogP contribution < -0.4 is 11.0 Å². The Bertz CT molecular complexity index is 957. The van der Waals surface area contributed by atoms with Crippen molar-refractivity contribution in [2.24, 2.45) is 7.05 Å². The Morgan fingerprint density at radius 2 is 1.76 bits per heavy atom. The highest BCUT2D eigenvalue weighted by atomic mass is 79.9. The van der Waals surface area contributed by atoms with Gasteiger partial charge in [0.1, 0.15) is 6.54 Å². The molecule has 0 aliphatic carbocycles. The van der Waals surface area contributed by atoms with Gasteiger partial charge < -0.3 is 5.32 Å². The van der Waals surface area contributed by atoms with E-state index in [1.54, 1.807) is 11.6 Å². The second-order valence-corrected chi connectivity index (χ2v) is 6.91. The van der Waals surface area contributed by atoms with Crippen molar-refractivity contribution in [2.45, 2.75) is 25.9 Å². The van der Waals surface area contributed by atoms with E-state index in [1.807, 2.05) is 55.5 Å². The molecule has 6 heteroatoms. The summed E-state index contributed by atoms with van der Waals surface area (Å²) in [5.41, 5.74) is 2.44. The van der Waals surface area contributed by atoms with Crippen molar-refractivity contribution in [3.63, 3.8) is 0 Å². The molecule has 0 radical (unpaired) electrons. The lowest BCUT2D eigenvalue weighted by Crippen LogP contribution is -2.34. The maximum atomic E-state index is 12.5. The Hall–Kier alpha value is -2.34. The number of imidazole rings is 1. The van der Waals surface area contributed by atoms with Crippen molar-refractivity contribution in [3.8, 4) is 0 Å². The predicted octanol–water partition coefficient (Wildman–Crippen LogP) is 3.37. The molecule has 3 aromatic rings. The summed E-state index contributed by atoms with van der Waals surface area (Å²) in [6, 6.07) is 15.3. The zero-order valence-electron chi connectivity index (χ0n) is 14.2. The second-order valence-electron chi connectivity index (χ2n) is 6.00. The molecular formula is C19H20BrN3O2. The number of halogens is 1. The maximum absolute atomic E-state index is 12.5. The van der Waals surface area contributed by atoms with Crippen LogP contribution in [0.3, 0.4) is 0 Å². The summed E-state index contributed by atoms with van der Waals surface area (Å²) in [6.07, 6.45) is 0.776. The Kier molecular flexibility index (Phi) is 5.08. The number of rotatable bonds is 5. The molecule has 130 valence electrons. The highest BCUT2D eigenvalue weighted by Gasteiger charge is 2.16. The minimum absolute atomic E-state index is 0.00716. The first-order valence-electron chi connectivity index (χ1n) is 8.20. The normalized spacial score (nSPS) is 12.3. The number of carbonyl (C=O) groups excluding carboxylic acids is 1. The molecule has 1 unspecified atom stereocenters. The minimum atomic E-state index is -0.187. The largest absolute Gasteiger partial charge is 0.348 e. The van der Waals surface area contributed by atoms with Gasteiger partial charge in [-0.2, -0.15) is 0 Å². The van der Waals surface area contributed by atoms with E-state index >= 15 is 0 Å². The molecule has 1 aromatic heterocycles. The standard InChI is InChI=1S/C19H20BrN3O2/c1-3-15(13-8-10-14(20)11-9-13)21-18(24)12-23-17-7-5-4-6-16(17)22(2)19(23)25/h4-11,15H,3,12H2,1-2H3,(H,21,24). The molecule has 3 rings (SSSR count). The van der Waals surface area contributed by atoms with Crippen LogP contribution in [0.4, 0.5) is 0 Å². The minimum Gasteiger partial charge on any atom is -0.348 e. The van der Waals surface area contributed by atoms with Gasteiger partial charge in [-0.15, -0.1) is 0 Å².